The van der Waals surface area contributed by atoms with Gasteiger partial charge >= 0.3 is 5.97 Å². The van der Waals surface area contributed by atoms with Crippen molar-refractivity contribution in [2.24, 2.45) is 0 Å². The average Bonchev–Trinajstić information content (AvgIpc) is 2.02. The first-order chi connectivity index (χ1) is 5.95. The van der Waals surface area contributed by atoms with Gasteiger partial charge in [-0.15, -0.1) is 0 Å². The summed E-state index contributed by atoms with van der Waals surface area (Å²) < 4.78 is 4.92. The molecule has 76 valence electrons. The zero-order valence-corrected chi connectivity index (χ0v) is 8.76. The van der Waals surface area contributed by atoms with Crippen LogP contribution in [0.4, 0.5) is 0 Å². The number of hydrogen-bond donors (Lipinski definition) is 1. The van der Waals surface area contributed by atoms with E-state index in [1.807, 2.05) is 13.8 Å². The Balaban J connectivity index is 3.83. The highest BCUT2D eigenvalue weighted by molar-refractivity contribution is 5.88. The van der Waals surface area contributed by atoms with Gasteiger partial charge in [0.2, 0.25) is 0 Å². The summed E-state index contributed by atoms with van der Waals surface area (Å²) in [5.74, 6) is -0.291. The molecular formula is C10H18O3. The molecule has 0 rings (SSSR count). The molecule has 0 amide bonds. The lowest BCUT2D eigenvalue weighted by atomic mass is 10.2. The van der Waals surface area contributed by atoms with Crippen molar-refractivity contribution in [3.05, 3.63) is 11.1 Å². The van der Waals surface area contributed by atoms with Crippen molar-refractivity contribution in [1.29, 1.82) is 0 Å². The normalized spacial score (nSPS) is 12.1. The summed E-state index contributed by atoms with van der Waals surface area (Å²) >= 11 is 0. The summed E-state index contributed by atoms with van der Waals surface area (Å²) in [6.07, 6.45) is 0.0710. The Morgan fingerprint density at radius 1 is 1.38 bits per heavy atom. The average molecular weight is 186 g/mol. The number of carbonyl (C=O) groups excluding carboxylic acids is 1. The number of aliphatic hydroxyl groups excluding tert-OH is 1. The van der Waals surface area contributed by atoms with Crippen molar-refractivity contribution >= 4 is 5.97 Å². The first-order valence-electron chi connectivity index (χ1n) is 4.44. The summed E-state index contributed by atoms with van der Waals surface area (Å²) in [7, 11) is 0. The van der Waals surface area contributed by atoms with Crippen LogP contribution < -0.4 is 0 Å². The lowest BCUT2D eigenvalue weighted by molar-refractivity contribution is -0.139. The number of esters is 1. The Morgan fingerprint density at radius 2 is 1.92 bits per heavy atom. The second-order valence-corrected chi connectivity index (χ2v) is 3.40. The summed E-state index contributed by atoms with van der Waals surface area (Å²) in [5.41, 5.74) is 1.60. The third-order valence-corrected chi connectivity index (χ3v) is 1.82. The molecular weight excluding hydrogens is 168 g/mol. The summed E-state index contributed by atoms with van der Waals surface area (Å²) in [6.45, 7) is 7.42. The smallest absolute Gasteiger partial charge is 0.333 e. The first-order valence-corrected chi connectivity index (χ1v) is 4.44. The Morgan fingerprint density at radius 3 is 2.31 bits per heavy atom. The number of ether oxygens (including phenoxy) is 1. The van der Waals surface area contributed by atoms with Gasteiger partial charge < -0.3 is 9.84 Å². The van der Waals surface area contributed by atoms with E-state index in [4.69, 9.17) is 9.84 Å². The predicted molar refractivity (Wildman–Crippen MR) is 51.3 cm³/mol. The number of carbonyl (C=O) groups is 1. The Bertz CT molecular complexity index is 200. The van der Waals surface area contributed by atoms with Gasteiger partial charge in [-0.2, -0.15) is 0 Å². The first kappa shape index (κ1) is 12.2. The van der Waals surface area contributed by atoms with Crippen LogP contribution in [0.3, 0.4) is 0 Å². The van der Waals surface area contributed by atoms with E-state index >= 15 is 0 Å². The lowest BCUT2D eigenvalue weighted by Gasteiger charge is -2.07. The van der Waals surface area contributed by atoms with Crippen LogP contribution in [0.2, 0.25) is 0 Å². The van der Waals surface area contributed by atoms with E-state index in [0.29, 0.717) is 12.0 Å². The molecule has 0 radical (unpaired) electrons. The highest BCUT2D eigenvalue weighted by Crippen LogP contribution is 2.04. The molecule has 0 aliphatic carbocycles. The number of aliphatic hydroxyl groups is 1. The minimum atomic E-state index is -0.417. The molecule has 1 atom stereocenters. The fourth-order valence-electron chi connectivity index (χ4n) is 0.635. The van der Waals surface area contributed by atoms with E-state index in [1.165, 1.54) is 0 Å². The monoisotopic (exact) mass is 186 g/mol. The number of rotatable bonds is 4. The summed E-state index contributed by atoms with van der Waals surface area (Å²) in [6, 6.07) is 0. The molecule has 0 saturated carbocycles. The van der Waals surface area contributed by atoms with Crippen molar-refractivity contribution in [2.45, 2.75) is 40.2 Å². The van der Waals surface area contributed by atoms with Crippen molar-refractivity contribution < 1.29 is 14.6 Å². The van der Waals surface area contributed by atoms with Crippen LogP contribution in [0.15, 0.2) is 11.1 Å². The molecule has 3 nitrogen and oxygen atoms in total. The van der Waals surface area contributed by atoms with Crippen LogP contribution in [0.5, 0.6) is 0 Å². The van der Waals surface area contributed by atoms with Gasteiger partial charge in [-0.05, 0) is 27.7 Å². The van der Waals surface area contributed by atoms with E-state index in [0.717, 1.165) is 5.57 Å². The molecule has 0 aromatic rings. The van der Waals surface area contributed by atoms with Crippen molar-refractivity contribution in [2.75, 3.05) is 6.61 Å². The predicted octanol–water partition coefficient (Wildman–Crippen LogP) is 1.66. The quantitative estimate of drug-likeness (QED) is 0.536. The van der Waals surface area contributed by atoms with E-state index in [-0.39, 0.29) is 12.6 Å². The molecule has 1 N–H and O–H groups in total. The maximum absolute atomic E-state index is 11.2. The molecule has 0 aliphatic rings. The van der Waals surface area contributed by atoms with E-state index in [1.54, 1.807) is 13.8 Å². The molecule has 0 aromatic carbocycles. The molecule has 13 heavy (non-hydrogen) atoms. The topological polar surface area (TPSA) is 46.5 Å². The second kappa shape index (κ2) is 5.75. The molecule has 0 aromatic heterocycles. The SMILES string of the molecule is CC(C)=C(C)C(=O)OCCC(C)O. The number of allylic oxidation sites excluding steroid dienone is 1. The Hall–Kier alpha value is -0.830. The second-order valence-electron chi connectivity index (χ2n) is 3.40. The van der Waals surface area contributed by atoms with Gasteiger partial charge in [-0.25, -0.2) is 4.79 Å². The Labute approximate surface area is 79.4 Å². The number of hydrogen-bond acceptors (Lipinski definition) is 3. The molecule has 0 heterocycles. The Kier molecular flexibility index (Phi) is 5.39. The minimum Gasteiger partial charge on any atom is -0.462 e. The van der Waals surface area contributed by atoms with Crippen LogP contribution >= 0.6 is 0 Å². The zero-order chi connectivity index (χ0) is 10.4. The standard InChI is InChI=1S/C10H18O3/c1-7(2)9(4)10(12)13-6-5-8(3)11/h8,11H,5-6H2,1-4H3. The van der Waals surface area contributed by atoms with E-state index in [9.17, 15) is 4.79 Å². The lowest BCUT2D eigenvalue weighted by Crippen LogP contribution is -2.12. The van der Waals surface area contributed by atoms with E-state index < -0.39 is 6.10 Å². The van der Waals surface area contributed by atoms with Gasteiger partial charge in [0.05, 0.1) is 12.7 Å². The molecule has 3 heteroatoms. The van der Waals surface area contributed by atoms with Crippen LogP contribution in [0.25, 0.3) is 0 Å². The maximum Gasteiger partial charge on any atom is 0.333 e. The highest BCUT2D eigenvalue weighted by Gasteiger charge is 2.07. The van der Waals surface area contributed by atoms with Crippen LogP contribution in [0.1, 0.15) is 34.1 Å². The molecule has 1 unspecified atom stereocenters. The van der Waals surface area contributed by atoms with Crippen LogP contribution in [-0.4, -0.2) is 23.8 Å². The van der Waals surface area contributed by atoms with Gasteiger partial charge in [0, 0.05) is 12.0 Å². The summed E-state index contributed by atoms with van der Waals surface area (Å²) in [4.78, 5) is 11.2. The van der Waals surface area contributed by atoms with Crippen LogP contribution in [0, 0.1) is 0 Å². The van der Waals surface area contributed by atoms with Gasteiger partial charge in [-0.1, -0.05) is 5.57 Å². The summed E-state index contributed by atoms with van der Waals surface area (Å²) in [5, 5.41) is 8.91. The maximum atomic E-state index is 11.2. The molecule has 0 aliphatic heterocycles. The van der Waals surface area contributed by atoms with Crippen molar-refractivity contribution in [1.82, 2.24) is 0 Å². The largest absolute Gasteiger partial charge is 0.462 e. The van der Waals surface area contributed by atoms with E-state index in [2.05, 4.69) is 0 Å². The third kappa shape index (κ3) is 5.42. The van der Waals surface area contributed by atoms with Gasteiger partial charge in [0.15, 0.2) is 0 Å². The molecule has 0 fully saturated rings. The van der Waals surface area contributed by atoms with Crippen LogP contribution in [-0.2, 0) is 9.53 Å². The molecule has 0 saturated heterocycles. The van der Waals surface area contributed by atoms with Crippen molar-refractivity contribution in [3.8, 4) is 0 Å². The zero-order valence-electron chi connectivity index (χ0n) is 8.76. The van der Waals surface area contributed by atoms with Crippen molar-refractivity contribution in [3.63, 3.8) is 0 Å². The third-order valence-electron chi connectivity index (χ3n) is 1.82. The fourth-order valence-corrected chi connectivity index (χ4v) is 0.635. The molecule has 0 spiro atoms. The molecule has 0 bridgehead atoms. The fraction of sp³-hybridized carbons (Fsp3) is 0.700. The minimum absolute atomic E-state index is 0.279. The van der Waals surface area contributed by atoms with Gasteiger partial charge in [0.1, 0.15) is 0 Å². The highest BCUT2D eigenvalue weighted by atomic mass is 16.5. The van der Waals surface area contributed by atoms with Gasteiger partial charge in [-0.3, -0.25) is 0 Å². The van der Waals surface area contributed by atoms with Gasteiger partial charge in [0.25, 0.3) is 0 Å².